The van der Waals surface area contributed by atoms with Crippen molar-refractivity contribution in [1.29, 1.82) is 0 Å². The first-order valence-electron chi connectivity index (χ1n) is 16.4. The predicted octanol–water partition coefficient (Wildman–Crippen LogP) is 6.72. The third kappa shape index (κ3) is 7.17. The Bertz CT molecular complexity index is 1800. The van der Waals surface area contributed by atoms with Gasteiger partial charge in [0, 0.05) is 30.6 Å². The molecule has 2 aliphatic heterocycles. The monoisotopic (exact) mass is 696 g/mol. The molecule has 1 amide bonds. The maximum atomic E-state index is 14.2. The minimum Gasteiger partial charge on any atom is -0.395 e. The van der Waals surface area contributed by atoms with Crippen molar-refractivity contribution in [3.05, 3.63) is 130 Å². The van der Waals surface area contributed by atoms with E-state index in [1.54, 1.807) is 24.3 Å². The van der Waals surface area contributed by atoms with Crippen LogP contribution in [0, 0.1) is 35.0 Å². The van der Waals surface area contributed by atoms with Crippen molar-refractivity contribution < 1.29 is 46.4 Å². The van der Waals surface area contributed by atoms with Crippen molar-refractivity contribution >= 4 is 5.91 Å². The molecule has 0 aliphatic carbocycles. The number of rotatable bonds is 10. The highest BCUT2D eigenvalue weighted by molar-refractivity contribution is 5.95. The lowest BCUT2D eigenvalue weighted by Crippen LogP contribution is -2.46. The van der Waals surface area contributed by atoms with Crippen molar-refractivity contribution in [2.24, 2.45) is 5.92 Å². The molecule has 12 heteroatoms. The summed E-state index contributed by atoms with van der Waals surface area (Å²) >= 11 is 0. The Kier molecular flexibility index (Phi) is 10.9. The average molecular weight is 697 g/mol. The second kappa shape index (κ2) is 15.4. The van der Waals surface area contributed by atoms with Crippen LogP contribution in [0.2, 0.25) is 0 Å². The number of hydrogen-bond acceptors (Lipinski definition) is 6. The highest BCUT2D eigenvalue weighted by Crippen LogP contribution is 2.42. The van der Waals surface area contributed by atoms with Crippen LogP contribution in [-0.4, -0.2) is 52.9 Å². The van der Waals surface area contributed by atoms with Gasteiger partial charge in [-0.25, -0.2) is 22.0 Å². The van der Waals surface area contributed by atoms with E-state index < -0.39 is 46.8 Å². The summed E-state index contributed by atoms with van der Waals surface area (Å²) in [6.45, 7) is 3.33. The minimum absolute atomic E-state index is 0.0302. The van der Waals surface area contributed by atoms with E-state index in [0.717, 1.165) is 41.6 Å². The summed E-state index contributed by atoms with van der Waals surface area (Å²) in [7, 11) is 0. The number of nitrogens with zero attached hydrogens (tertiary/aromatic N) is 1. The van der Waals surface area contributed by atoms with Crippen molar-refractivity contribution in [2.45, 2.75) is 57.5 Å². The van der Waals surface area contributed by atoms with Crippen molar-refractivity contribution in [1.82, 2.24) is 10.2 Å². The van der Waals surface area contributed by atoms with E-state index in [4.69, 9.17) is 9.47 Å². The van der Waals surface area contributed by atoms with Crippen LogP contribution < -0.4 is 5.32 Å². The number of amides is 1. The molecule has 0 bridgehead atoms. The quantitative estimate of drug-likeness (QED) is 0.0970. The molecule has 0 spiro atoms. The Hall–Kier alpha value is -4.20. The summed E-state index contributed by atoms with van der Waals surface area (Å²) < 4.78 is 82.5. The molecule has 50 heavy (non-hydrogen) atoms. The van der Waals surface area contributed by atoms with Gasteiger partial charge in [0.1, 0.15) is 5.56 Å². The van der Waals surface area contributed by atoms with E-state index >= 15 is 0 Å². The number of carbonyl (C=O) groups excluding carboxylic acids is 1. The molecule has 2 heterocycles. The first-order valence-corrected chi connectivity index (χ1v) is 16.4. The van der Waals surface area contributed by atoms with Crippen LogP contribution >= 0.6 is 0 Å². The average Bonchev–Trinajstić information content (AvgIpc) is 3.60. The van der Waals surface area contributed by atoms with E-state index in [0.29, 0.717) is 17.7 Å². The Labute approximate surface area is 286 Å². The minimum atomic E-state index is -2.34. The first kappa shape index (κ1) is 35.6. The number of aliphatic hydroxyl groups excluding tert-OH is 2. The molecule has 2 fully saturated rings. The summed E-state index contributed by atoms with van der Waals surface area (Å²) in [4.78, 5) is 14.9. The molecule has 4 aromatic rings. The standard InChI is InChI=1S/C38H37F5N2O5/c1-21-29(18-45-16-4-6-27(45)20-47)49-38(50-36(21)24-10-8-22(19-46)9-11-24)25-14-12-23(13-15-25)28-7-3-2-5-26(28)17-44-37(48)30-31(39)33(41)35(43)34(42)32(30)40/h2-3,5,7-15,21,27,29,36,38,46-47H,4,6,16-20H2,1H3,(H,44,48)/t21-,27-,29+,36+,38+/m0/s1. The summed E-state index contributed by atoms with van der Waals surface area (Å²) in [5, 5.41) is 21.7. The molecule has 2 aliphatic rings. The Morgan fingerprint density at radius 2 is 1.48 bits per heavy atom. The molecule has 0 saturated carbocycles. The summed E-state index contributed by atoms with van der Waals surface area (Å²) in [6.07, 6.45) is 0.669. The number of nitrogens with one attached hydrogen (secondary N) is 1. The number of hydrogen-bond donors (Lipinski definition) is 3. The summed E-state index contributed by atoms with van der Waals surface area (Å²) in [5.41, 5.74) is 2.87. The van der Waals surface area contributed by atoms with Gasteiger partial charge in [0.25, 0.3) is 5.91 Å². The van der Waals surface area contributed by atoms with Crippen LogP contribution in [0.5, 0.6) is 0 Å². The highest BCUT2D eigenvalue weighted by Gasteiger charge is 2.40. The van der Waals surface area contributed by atoms with Gasteiger partial charge < -0.3 is 25.0 Å². The molecular formula is C38H37F5N2O5. The predicted molar refractivity (Wildman–Crippen MR) is 174 cm³/mol. The van der Waals surface area contributed by atoms with Gasteiger partial charge in [0.15, 0.2) is 29.6 Å². The molecular weight excluding hydrogens is 659 g/mol. The number of likely N-dealkylation sites (tertiary alicyclic amines) is 1. The maximum Gasteiger partial charge on any atom is 0.257 e. The zero-order valence-electron chi connectivity index (χ0n) is 27.2. The fraction of sp³-hybridized carbons (Fsp3) is 0.342. The van der Waals surface area contributed by atoms with Gasteiger partial charge in [-0.2, -0.15) is 0 Å². The SMILES string of the molecule is C[C@H]1[C@@H](CN2CCC[C@H]2CO)O[C@@H](c2ccc(-c3ccccc3CNC(=O)c3c(F)c(F)c(F)c(F)c3F)cc2)O[C@H]1c1ccc(CO)cc1. The van der Waals surface area contributed by atoms with Crippen LogP contribution in [0.3, 0.4) is 0 Å². The van der Waals surface area contributed by atoms with Gasteiger partial charge in [0.2, 0.25) is 5.82 Å². The highest BCUT2D eigenvalue weighted by atomic mass is 19.2. The van der Waals surface area contributed by atoms with E-state index in [-0.39, 0.29) is 43.9 Å². The third-order valence-corrected chi connectivity index (χ3v) is 9.64. The number of aliphatic hydroxyl groups is 2. The van der Waals surface area contributed by atoms with E-state index in [1.807, 2.05) is 48.5 Å². The van der Waals surface area contributed by atoms with Crippen LogP contribution in [-0.2, 0) is 22.6 Å². The zero-order valence-corrected chi connectivity index (χ0v) is 27.2. The van der Waals surface area contributed by atoms with Crippen molar-refractivity contribution in [3.63, 3.8) is 0 Å². The molecule has 0 aromatic heterocycles. The number of ether oxygens (including phenoxy) is 2. The molecule has 264 valence electrons. The molecule has 0 unspecified atom stereocenters. The fourth-order valence-corrected chi connectivity index (χ4v) is 6.75. The van der Waals surface area contributed by atoms with Gasteiger partial charge >= 0.3 is 0 Å². The Balaban J connectivity index is 1.22. The molecule has 4 aromatic carbocycles. The van der Waals surface area contributed by atoms with E-state index in [9.17, 15) is 37.0 Å². The molecule has 6 rings (SSSR count). The molecule has 7 nitrogen and oxygen atoms in total. The number of carbonyl (C=O) groups is 1. The normalized spacial score (nSPS) is 22.5. The first-order chi connectivity index (χ1) is 24.1. The molecule has 2 saturated heterocycles. The summed E-state index contributed by atoms with van der Waals surface area (Å²) in [6, 6.07) is 22.0. The van der Waals surface area contributed by atoms with Gasteiger partial charge in [-0.3, -0.25) is 9.69 Å². The Morgan fingerprint density at radius 3 is 2.14 bits per heavy atom. The van der Waals surface area contributed by atoms with Gasteiger partial charge in [-0.05, 0) is 47.2 Å². The molecule has 0 radical (unpaired) electrons. The third-order valence-electron chi connectivity index (χ3n) is 9.64. The lowest BCUT2D eigenvalue weighted by molar-refractivity contribution is -0.276. The van der Waals surface area contributed by atoms with Crippen LogP contribution in [0.15, 0.2) is 72.8 Å². The van der Waals surface area contributed by atoms with Crippen molar-refractivity contribution in [3.8, 4) is 11.1 Å². The maximum absolute atomic E-state index is 14.2. The van der Waals surface area contributed by atoms with E-state index in [2.05, 4.69) is 17.1 Å². The largest absolute Gasteiger partial charge is 0.395 e. The zero-order chi connectivity index (χ0) is 35.5. The van der Waals surface area contributed by atoms with Crippen LogP contribution in [0.4, 0.5) is 22.0 Å². The lowest BCUT2D eigenvalue weighted by atomic mass is 9.89. The number of benzene rings is 4. The van der Waals surface area contributed by atoms with E-state index in [1.165, 1.54) is 0 Å². The number of halogens is 5. The second-order valence-corrected chi connectivity index (χ2v) is 12.7. The van der Waals surface area contributed by atoms with Gasteiger partial charge in [-0.1, -0.05) is 79.7 Å². The molecule has 5 atom stereocenters. The van der Waals surface area contributed by atoms with Gasteiger partial charge in [0.05, 0.1) is 25.4 Å². The molecule has 3 N–H and O–H groups in total. The second-order valence-electron chi connectivity index (χ2n) is 12.7. The Morgan fingerprint density at radius 1 is 0.840 bits per heavy atom. The fourth-order valence-electron chi connectivity index (χ4n) is 6.75. The lowest BCUT2D eigenvalue weighted by Gasteiger charge is -2.43. The smallest absolute Gasteiger partial charge is 0.257 e. The summed E-state index contributed by atoms with van der Waals surface area (Å²) in [5.74, 6) is -12.6. The van der Waals surface area contributed by atoms with Crippen LogP contribution in [0.1, 0.15) is 64.8 Å². The van der Waals surface area contributed by atoms with Gasteiger partial charge in [-0.15, -0.1) is 0 Å². The van der Waals surface area contributed by atoms with Crippen LogP contribution in [0.25, 0.3) is 11.1 Å². The van der Waals surface area contributed by atoms with Crippen molar-refractivity contribution in [2.75, 3.05) is 19.7 Å². The topological polar surface area (TPSA) is 91.3 Å².